The van der Waals surface area contributed by atoms with Crippen molar-refractivity contribution in [3.63, 3.8) is 0 Å². The minimum Gasteiger partial charge on any atom is -0.508 e. The lowest BCUT2D eigenvalue weighted by Gasteiger charge is -2.35. The lowest BCUT2D eigenvalue weighted by atomic mass is 9.95. The average Bonchev–Trinajstić information content (AvgIpc) is 3.23. The van der Waals surface area contributed by atoms with Gasteiger partial charge in [-0.15, -0.1) is 0 Å². The Labute approximate surface area is 143 Å². The van der Waals surface area contributed by atoms with E-state index in [4.69, 9.17) is 0 Å². The van der Waals surface area contributed by atoms with Crippen LogP contribution in [0.1, 0.15) is 39.0 Å². The second-order valence-corrected chi connectivity index (χ2v) is 6.06. The van der Waals surface area contributed by atoms with E-state index in [-0.39, 0.29) is 17.5 Å². The molecule has 3 heterocycles. The van der Waals surface area contributed by atoms with Crippen LogP contribution in [0.15, 0.2) is 36.8 Å². The number of aromatic nitrogens is 4. The second-order valence-electron chi connectivity index (χ2n) is 6.06. The normalized spacial score (nSPS) is 17.4. The summed E-state index contributed by atoms with van der Waals surface area (Å²) in [5, 5.41) is 25.5. The molecule has 0 saturated heterocycles. The highest BCUT2D eigenvalue weighted by molar-refractivity contribution is 5.86. The maximum atomic E-state index is 11.3. The number of aromatic hydroxyl groups is 1. The summed E-state index contributed by atoms with van der Waals surface area (Å²) < 4.78 is 0. The van der Waals surface area contributed by atoms with Crippen molar-refractivity contribution in [2.75, 3.05) is 6.54 Å². The summed E-state index contributed by atoms with van der Waals surface area (Å²) in [5.41, 5.74) is 3.60. The summed E-state index contributed by atoms with van der Waals surface area (Å²) in [6.07, 6.45) is 4.01. The van der Waals surface area contributed by atoms with Crippen LogP contribution in [0.3, 0.4) is 0 Å². The maximum absolute atomic E-state index is 11.3. The summed E-state index contributed by atoms with van der Waals surface area (Å²) in [4.78, 5) is 21.1. The third-order valence-electron chi connectivity index (χ3n) is 4.52. The molecule has 0 amide bonds. The van der Waals surface area contributed by atoms with Gasteiger partial charge < -0.3 is 15.2 Å². The van der Waals surface area contributed by atoms with E-state index in [1.807, 2.05) is 6.07 Å². The Kier molecular flexibility index (Phi) is 3.73. The molecule has 0 saturated carbocycles. The van der Waals surface area contributed by atoms with Gasteiger partial charge in [-0.3, -0.25) is 10.00 Å². The molecule has 1 aromatic carbocycles. The van der Waals surface area contributed by atoms with Crippen LogP contribution in [0.25, 0.3) is 0 Å². The van der Waals surface area contributed by atoms with Gasteiger partial charge in [-0.05, 0) is 17.7 Å². The Morgan fingerprint density at radius 3 is 3.08 bits per heavy atom. The topological polar surface area (TPSA) is 118 Å². The smallest absolute Gasteiger partial charge is 0.354 e. The Balaban J connectivity index is 1.73. The van der Waals surface area contributed by atoms with Crippen molar-refractivity contribution in [2.24, 2.45) is 0 Å². The van der Waals surface area contributed by atoms with Gasteiger partial charge in [-0.25, -0.2) is 9.78 Å². The fourth-order valence-electron chi connectivity index (χ4n) is 3.39. The van der Waals surface area contributed by atoms with Crippen LogP contribution in [0.2, 0.25) is 0 Å². The van der Waals surface area contributed by atoms with E-state index in [2.05, 4.69) is 25.1 Å². The van der Waals surface area contributed by atoms with Crippen LogP contribution in [0, 0.1) is 0 Å². The van der Waals surface area contributed by atoms with E-state index in [1.54, 1.807) is 30.7 Å². The van der Waals surface area contributed by atoms with Gasteiger partial charge in [0.25, 0.3) is 0 Å². The Bertz CT molecular complexity index is 916. The largest absolute Gasteiger partial charge is 0.508 e. The van der Waals surface area contributed by atoms with E-state index in [0.717, 1.165) is 29.9 Å². The van der Waals surface area contributed by atoms with Crippen molar-refractivity contribution in [1.29, 1.82) is 0 Å². The lowest BCUT2D eigenvalue weighted by Crippen LogP contribution is -2.36. The van der Waals surface area contributed by atoms with Gasteiger partial charge in [-0.2, -0.15) is 5.10 Å². The van der Waals surface area contributed by atoms with Crippen molar-refractivity contribution in [3.8, 4) is 5.75 Å². The van der Waals surface area contributed by atoms with Crippen LogP contribution in [-0.2, 0) is 13.0 Å². The third-order valence-corrected chi connectivity index (χ3v) is 4.52. The number of aromatic amines is 2. The molecule has 1 aliphatic rings. The number of fused-ring (bicyclic) bond motifs is 1. The van der Waals surface area contributed by atoms with Crippen LogP contribution in [0.5, 0.6) is 5.75 Å². The highest BCUT2D eigenvalue weighted by Crippen LogP contribution is 2.35. The molecule has 25 heavy (non-hydrogen) atoms. The SMILES string of the molecule is O=C(O)c1[nH]ncc1CN1CCc2[nH]cnc2C1c1cccc(O)c1. The second kappa shape index (κ2) is 6.06. The minimum absolute atomic E-state index is 0.0995. The number of carboxylic acids is 1. The number of carboxylic acid groups (broad SMARTS) is 1. The fraction of sp³-hybridized carbons (Fsp3) is 0.235. The summed E-state index contributed by atoms with van der Waals surface area (Å²) in [6, 6.07) is 6.91. The first kappa shape index (κ1) is 15.4. The number of nitrogens with one attached hydrogen (secondary N) is 2. The van der Waals surface area contributed by atoms with E-state index >= 15 is 0 Å². The van der Waals surface area contributed by atoms with E-state index in [9.17, 15) is 15.0 Å². The number of aromatic carboxylic acids is 1. The zero-order chi connectivity index (χ0) is 17.4. The first-order valence-electron chi connectivity index (χ1n) is 7.94. The van der Waals surface area contributed by atoms with Gasteiger partial charge in [-0.1, -0.05) is 12.1 Å². The number of phenolic OH excluding ortho intramolecular Hbond substituents is 1. The molecule has 0 bridgehead atoms. The highest BCUT2D eigenvalue weighted by atomic mass is 16.4. The predicted molar refractivity (Wildman–Crippen MR) is 88.2 cm³/mol. The zero-order valence-corrected chi connectivity index (χ0v) is 13.3. The number of carbonyl (C=O) groups is 1. The number of phenols is 1. The predicted octanol–water partition coefficient (Wildman–Crippen LogP) is 1.68. The molecule has 8 heteroatoms. The van der Waals surface area contributed by atoms with Crippen molar-refractivity contribution in [3.05, 3.63) is 65.0 Å². The van der Waals surface area contributed by atoms with Gasteiger partial charge >= 0.3 is 5.97 Å². The van der Waals surface area contributed by atoms with E-state index in [0.29, 0.717) is 12.1 Å². The van der Waals surface area contributed by atoms with E-state index in [1.165, 1.54) is 0 Å². The Morgan fingerprint density at radius 1 is 1.40 bits per heavy atom. The molecule has 1 unspecified atom stereocenters. The van der Waals surface area contributed by atoms with Gasteiger partial charge in [0.1, 0.15) is 11.4 Å². The van der Waals surface area contributed by atoms with Gasteiger partial charge in [0.05, 0.1) is 24.3 Å². The van der Waals surface area contributed by atoms with Crippen LogP contribution in [0.4, 0.5) is 0 Å². The van der Waals surface area contributed by atoms with Crippen molar-refractivity contribution >= 4 is 5.97 Å². The first-order chi connectivity index (χ1) is 12.1. The third kappa shape index (κ3) is 2.76. The van der Waals surface area contributed by atoms with Crippen molar-refractivity contribution in [1.82, 2.24) is 25.1 Å². The van der Waals surface area contributed by atoms with Crippen LogP contribution in [-0.4, -0.2) is 47.8 Å². The summed E-state index contributed by atoms with van der Waals surface area (Å²) in [5.74, 6) is -0.839. The molecule has 4 rings (SSSR count). The Morgan fingerprint density at radius 2 is 2.28 bits per heavy atom. The fourth-order valence-corrected chi connectivity index (χ4v) is 3.39. The number of H-pyrrole nitrogens is 2. The number of hydrogen-bond acceptors (Lipinski definition) is 5. The maximum Gasteiger partial charge on any atom is 0.354 e. The molecule has 4 N–H and O–H groups in total. The highest BCUT2D eigenvalue weighted by Gasteiger charge is 2.32. The molecular formula is C17H17N5O3. The summed E-state index contributed by atoms with van der Waals surface area (Å²) in [7, 11) is 0. The number of nitrogens with zero attached hydrogens (tertiary/aromatic N) is 3. The molecule has 8 nitrogen and oxygen atoms in total. The van der Waals surface area contributed by atoms with Gasteiger partial charge in [0.15, 0.2) is 0 Å². The number of imidazole rings is 1. The Hall–Kier alpha value is -3.13. The molecule has 0 aliphatic carbocycles. The molecule has 128 valence electrons. The number of hydrogen-bond donors (Lipinski definition) is 4. The monoisotopic (exact) mass is 339 g/mol. The molecular weight excluding hydrogens is 322 g/mol. The quantitative estimate of drug-likeness (QED) is 0.574. The number of rotatable bonds is 4. The number of benzene rings is 1. The molecule has 3 aromatic rings. The summed E-state index contributed by atoms with van der Waals surface area (Å²) in [6.45, 7) is 1.16. The zero-order valence-electron chi connectivity index (χ0n) is 13.3. The molecule has 2 aromatic heterocycles. The molecule has 1 aliphatic heterocycles. The average molecular weight is 339 g/mol. The standard InChI is InChI=1S/C17H17N5O3/c23-12-3-1-2-10(6-12)16-15-13(18-9-19-15)4-5-22(16)8-11-7-20-21-14(11)17(24)25/h1-3,6-7,9,16,23H,4-5,8H2,(H,18,19)(H,20,21)(H,24,25). The van der Waals surface area contributed by atoms with Gasteiger partial charge in [0.2, 0.25) is 0 Å². The molecule has 0 radical (unpaired) electrons. The van der Waals surface area contributed by atoms with Crippen LogP contribution >= 0.6 is 0 Å². The molecule has 0 spiro atoms. The van der Waals surface area contributed by atoms with Crippen molar-refractivity contribution in [2.45, 2.75) is 19.0 Å². The summed E-state index contributed by atoms with van der Waals surface area (Å²) >= 11 is 0. The van der Waals surface area contributed by atoms with Crippen LogP contribution < -0.4 is 0 Å². The lowest BCUT2D eigenvalue weighted by molar-refractivity contribution is 0.0687. The van der Waals surface area contributed by atoms with E-state index < -0.39 is 5.97 Å². The molecule has 0 fully saturated rings. The molecule has 1 atom stereocenters. The van der Waals surface area contributed by atoms with Gasteiger partial charge in [0, 0.05) is 30.8 Å². The van der Waals surface area contributed by atoms with Crippen molar-refractivity contribution < 1.29 is 15.0 Å². The first-order valence-corrected chi connectivity index (χ1v) is 7.94. The minimum atomic E-state index is -1.03.